The Bertz CT molecular complexity index is 617. The molecule has 0 spiro atoms. The molecule has 2 heterocycles. The van der Waals surface area contributed by atoms with E-state index in [-0.39, 0.29) is 5.91 Å². The van der Waals surface area contributed by atoms with Crippen molar-refractivity contribution >= 4 is 17.3 Å². The van der Waals surface area contributed by atoms with Gasteiger partial charge in [0.1, 0.15) is 0 Å². The Morgan fingerprint density at radius 1 is 1.56 bits per heavy atom. The molecule has 0 bridgehead atoms. The van der Waals surface area contributed by atoms with Gasteiger partial charge in [0, 0.05) is 23.2 Å². The van der Waals surface area contributed by atoms with Crippen LogP contribution in [0.5, 0.6) is 0 Å². The maximum atomic E-state index is 12.0. The first-order valence-electron chi connectivity index (χ1n) is 5.93. The molecule has 0 fully saturated rings. The van der Waals surface area contributed by atoms with Crippen molar-refractivity contribution in [1.29, 1.82) is 0 Å². The lowest BCUT2D eigenvalue weighted by Gasteiger charge is -2.29. The molecule has 0 saturated carbocycles. The van der Waals surface area contributed by atoms with E-state index in [2.05, 4.69) is 10.2 Å². The normalized spacial score (nSPS) is 13.1. The summed E-state index contributed by atoms with van der Waals surface area (Å²) in [6.45, 7) is 2.43. The molecule has 0 saturated heterocycles. The number of nitrogens with zero attached hydrogens (tertiary/aromatic N) is 2. The first-order chi connectivity index (χ1) is 8.70. The van der Waals surface area contributed by atoms with Crippen LogP contribution < -0.4 is 10.6 Å². The van der Waals surface area contributed by atoms with Crippen molar-refractivity contribution in [3.05, 3.63) is 30.0 Å². The largest absolute Gasteiger partial charge is 0.399 e. The predicted molar refractivity (Wildman–Crippen MR) is 69.9 cm³/mol. The minimum absolute atomic E-state index is 0.105. The molecule has 1 amide bonds. The number of anilines is 2. The second-order valence-electron chi connectivity index (χ2n) is 4.38. The van der Waals surface area contributed by atoms with Crippen molar-refractivity contribution in [2.45, 2.75) is 19.9 Å². The van der Waals surface area contributed by atoms with Gasteiger partial charge < -0.3 is 10.6 Å². The van der Waals surface area contributed by atoms with Crippen molar-refractivity contribution in [3.63, 3.8) is 0 Å². The number of benzene rings is 1. The third kappa shape index (κ3) is 1.48. The third-order valence-electron chi connectivity index (χ3n) is 3.23. The van der Waals surface area contributed by atoms with E-state index in [4.69, 9.17) is 5.73 Å². The molecule has 18 heavy (non-hydrogen) atoms. The summed E-state index contributed by atoms with van der Waals surface area (Å²) in [7, 11) is 0. The van der Waals surface area contributed by atoms with Gasteiger partial charge >= 0.3 is 0 Å². The number of carbonyl (C=O) groups is 1. The lowest BCUT2D eigenvalue weighted by Crippen LogP contribution is -2.32. The molecule has 2 aromatic rings. The van der Waals surface area contributed by atoms with E-state index in [9.17, 15) is 4.79 Å². The fourth-order valence-electron chi connectivity index (χ4n) is 2.32. The van der Waals surface area contributed by atoms with E-state index in [0.717, 1.165) is 22.5 Å². The Morgan fingerprint density at radius 3 is 3.17 bits per heavy atom. The molecule has 1 aliphatic heterocycles. The quantitative estimate of drug-likeness (QED) is 0.750. The lowest BCUT2D eigenvalue weighted by molar-refractivity contribution is -0.118. The third-order valence-corrected chi connectivity index (χ3v) is 3.23. The molecule has 0 aliphatic carbocycles. The summed E-state index contributed by atoms with van der Waals surface area (Å²) in [6, 6.07) is 5.58. The average Bonchev–Trinajstić information content (AvgIpc) is 2.85. The minimum atomic E-state index is 0.105. The van der Waals surface area contributed by atoms with E-state index < -0.39 is 0 Å². The summed E-state index contributed by atoms with van der Waals surface area (Å²) >= 11 is 0. The first-order valence-corrected chi connectivity index (χ1v) is 5.93. The van der Waals surface area contributed by atoms with Crippen molar-refractivity contribution in [2.75, 3.05) is 10.6 Å². The molecule has 5 heteroatoms. The van der Waals surface area contributed by atoms with Crippen molar-refractivity contribution in [1.82, 2.24) is 10.2 Å². The van der Waals surface area contributed by atoms with Gasteiger partial charge in [-0.15, -0.1) is 0 Å². The highest BCUT2D eigenvalue weighted by Gasteiger charge is 2.26. The van der Waals surface area contributed by atoms with Crippen LogP contribution in [0.4, 0.5) is 11.4 Å². The van der Waals surface area contributed by atoms with Crippen LogP contribution in [0.25, 0.3) is 11.3 Å². The van der Waals surface area contributed by atoms with Gasteiger partial charge in [-0.1, -0.05) is 6.92 Å². The van der Waals surface area contributed by atoms with E-state index in [1.807, 2.05) is 25.1 Å². The minimum Gasteiger partial charge on any atom is -0.399 e. The number of nitrogens with one attached hydrogen (secondary N) is 1. The average molecular weight is 242 g/mol. The number of fused-ring (bicyclic) bond motifs is 3. The Labute approximate surface area is 105 Å². The molecule has 0 unspecified atom stereocenters. The number of hydrogen-bond donors (Lipinski definition) is 2. The number of rotatable bonds is 1. The summed E-state index contributed by atoms with van der Waals surface area (Å²) in [4.78, 5) is 13.8. The summed E-state index contributed by atoms with van der Waals surface area (Å²) in [5.41, 5.74) is 10.3. The zero-order chi connectivity index (χ0) is 12.7. The zero-order valence-electron chi connectivity index (χ0n) is 10.1. The molecular formula is C13H14N4O. The maximum absolute atomic E-state index is 12.0. The number of nitrogens with two attached hydrogens (primary N) is 1. The highest BCUT2D eigenvalue weighted by molar-refractivity contribution is 5.99. The number of hydrogen-bond acceptors (Lipinski definition) is 3. The zero-order valence-corrected chi connectivity index (χ0v) is 10.1. The van der Waals surface area contributed by atoms with Crippen LogP contribution in [0.15, 0.2) is 24.4 Å². The monoisotopic (exact) mass is 242 g/mol. The molecule has 5 nitrogen and oxygen atoms in total. The molecule has 1 aromatic heterocycles. The smallest absolute Gasteiger partial charge is 0.227 e. The van der Waals surface area contributed by atoms with Crippen molar-refractivity contribution in [2.24, 2.45) is 0 Å². The van der Waals surface area contributed by atoms with Gasteiger partial charge in [0.15, 0.2) is 0 Å². The second kappa shape index (κ2) is 3.87. The number of carbonyl (C=O) groups excluding carboxylic acids is 1. The Hall–Kier alpha value is -2.30. The number of amides is 1. The van der Waals surface area contributed by atoms with Crippen molar-refractivity contribution in [3.8, 4) is 11.3 Å². The van der Waals surface area contributed by atoms with Crippen LogP contribution in [0.2, 0.25) is 0 Å². The summed E-state index contributed by atoms with van der Waals surface area (Å²) in [6.07, 6.45) is 2.24. The van der Waals surface area contributed by atoms with E-state index >= 15 is 0 Å². The molecule has 0 atom stereocenters. The fraction of sp³-hybridized carbons (Fsp3) is 0.231. The number of aromatic amines is 1. The van der Waals surface area contributed by atoms with Crippen molar-refractivity contribution < 1.29 is 4.79 Å². The van der Waals surface area contributed by atoms with Gasteiger partial charge in [0.05, 0.1) is 24.1 Å². The lowest BCUT2D eigenvalue weighted by atomic mass is 9.99. The topological polar surface area (TPSA) is 75.0 Å². The standard InChI is InChI=1S/C13H14N4O/c1-2-12(18)17-7-8-6-15-16-13(8)10-5-9(14)3-4-11(10)17/h3-6H,2,7,14H2,1H3,(H,15,16). The Kier molecular flexibility index (Phi) is 2.33. The summed E-state index contributed by atoms with van der Waals surface area (Å²) < 4.78 is 0. The molecule has 0 radical (unpaired) electrons. The maximum Gasteiger partial charge on any atom is 0.227 e. The fourth-order valence-corrected chi connectivity index (χ4v) is 2.32. The van der Waals surface area contributed by atoms with Crippen LogP contribution in [0.3, 0.4) is 0 Å². The molecule has 1 aromatic carbocycles. The van der Waals surface area contributed by atoms with Gasteiger partial charge in [-0.3, -0.25) is 9.89 Å². The van der Waals surface area contributed by atoms with Crippen LogP contribution in [-0.2, 0) is 11.3 Å². The van der Waals surface area contributed by atoms with Gasteiger partial charge in [-0.05, 0) is 18.2 Å². The Morgan fingerprint density at radius 2 is 2.39 bits per heavy atom. The van der Waals surface area contributed by atoms with Gasteiger partial charge in [0.2, 0.25) is 5.91 Å². The van der Waals surface area contributed by atoms with Gasteiger partial charge in [-0.2, -0.15) is 5.10 Å². The Balaban J connectivity index is 2.20. The first kappa shape index (κ1) is 10.8. The number of aromatic nitrogens is 2. The molecule has 92 valence electrons. The van der Waals surface area contributed by atoms with Crippen LogP contribution in [0.1, 0.15) is 18.9 Å². The SMILES string of the molecule is CCC(=O)N1Cc2cn[nH]c2-c2cc(N)ccc21. The predicted octanol–water partition coefficient (Wildman–Crippen LogP) is 1.92. The number of nitrogen functional groups attached to an aromatic ring is 1. The highest BCUT2D eigenvalue weighted by atomic mass is 16.2. The molecule has 1 aliphatic rings. The van der Waals surface area contributed by atoms with E-state index in [1.54, 1.807) is 11.1 Å². The van der Waals surface area contributed by atoms with Crippen LogP contribution in [0, 0.1) is 0 Å². The summed E-state index contributed by atoms with van der Waals surface area (Å²) in [5, 5.41) is 7.02. The van der Waals surface area contributed by atoms with Crippen LogP contribution >= 0.6 is 0 Å². The van der Waals surface area contributed by atoms with E-state index in [0.29, 0.717) is 18.7 Å². The van der Waals surface area contributed by atoms with E-state index in [1.165, 1.54) is 0 Å². The summed E-state index contributed by atoms with van der Waals surface area (Å²) in [5.74, 6) is 0.105. The van der Waals surface area contributed by atoms with Crippen LogP contribution in [-0.4, -0.2) is 16.1 Å². The molecular weight excluding hydrogens is 228 g/mol. The van der Waals surface area contributed by atoms with Gasteiger partial charge in [0.25, 0.3) is 0 Å². The second-order valence-corrected chi connectivity index (χ2v) is 4.38. The highest BCUT2D eigenvalue weighted by Crippen LogP contribution is 2.39. The van der Waals surface area contributed by atoms with Gasteiger partial charge in [-0.25, -0.2) is 0 Å². The molecule has 3 N–H and O–H groups in total. The molecule has 3 rings (SSSR count). The number of H-pyrrole nitrogens is 1.